The lowest BCUT2D eigenvalue weighted by Crippen LogP contribution is -2.24. The van der Waals surface area contributed by atoms with Crippen molar-refractivity contribution >= 4 is 21.9 Å². The van der Waals surface area contributed by atoms with E-state index < -0.39 is 0 Å². The van der Waals surface area contributed by atoms with Gasteiger partial charge in [0.1, 0.15) is 6.10 Å². The highest BCUT2D eigenvalue weighted by Crippen LogP contribution is 2.25. The Hall–Kier alpha value is -0.870. The van der Waals surface area contributed by atoms with Gasteiger partial charge in [-0.1, -0.05) is 34.1 Å². The zero-order valence-corrected chi connectivity index (χ0v) is 11.2. The summed E-state index contributed by atoms with van der Waals surface area (Å²) in [5.74, 6) is -0.277. The summed E-state index contributed by atoms with van der Waals surface area (Å²) in [4.78, 5) is 11.9. The Morgan fingerprint density at radius 1 is 1.47 bits per heavy atom. The lowest BCUT2D eigenvalue weighted by atomic mass is 10.1. The van der Waals surface area contributed by atoms with Gasteiger partial charge in [0.05, 0.1) is 17.8 Å². The highest BCUT2D eigenvalue weighted by atomic mass is 79.9. The van der Waals surface area contributed by atoms with Crippen LogP contribution in [0.15, 0.2) is 30.3 Å². The van der Waals surface area contributed by atoms with Gasteiger partial charge in [0.15, 0.2) is 0 Å². The van der Waals surface area contributed by atoms with E-state index in [0.29, 0.717) is 5.56 Å². The summed E-state index contributed by atoms with van der Waals surface area (Å²) in [6.07, 6.45) is 0.708. The van der Waals surface area contributed by atoms with E-state index in [4.69, 9.17) is 9.47 Å². The van der Waals surface area contributed by atoms with E-state index in [9.17, 15) is 4.79 Å². The minimum Gasteiger partial charge on any atom is -0.456 e. The lowest BCUT2D eigenvalue weighted by molar-refractivity contribution is -0.000699. The molecular formula is C13H15BrO3. The topological polar surface area (TPSA) is 35.5 Å². The van der Waals surface area contributed by atoms with Crippen molar-refractivity contribution < 1.29 is 14.3 Å². The first kappa shape index (κ1) is 12.6. The van der Waals surface area contributed by atoms with Crippen LogP contribution < -0.4 is 0 Å². The summed E-state index contributed by atoms with van der Waals surface area (Å²) in [7, 11) is 0. The molecule has 92 valence electrons. The quantitative estimate of drug-likeness (QED) is 0.636. The van der Waals surface area contributed by atoms with E-state index in [1.165, 1.54) is 0 Å². The molecule has 4 heteroatoms. The van der Waals surface area contributed by atoms with Gasteiger partial charge in [-0.25, -0.2) is 4.79 Å². The van der Waals surface area contributed by atoms with Gasteiger partial charge in [0, 0.05) is 11.8 Å². The molecule has 0 unspecified atom stereocenters. The van der Waals surface area contributed by atoms with Crippen LogP contribution in [0, 0.1) is 0 Å². The molecular weight excluding hydrogens is 284 g/mol. The summed E-state index contributed by atoms with van der Waals surface area (Å²) in [6.45, 7) is 1.94. The summed E-state index contributed by atoms with van der Waals surface area (Å²) < 4.78 is 11.1. The first-order chi connectivity index (χ1) is 8.20. The van der Waals surface area contributed by atoms with Crippen molar-refractivity contribution in [1.82, 2.24) is 0 Å². The molecule has 17 heavy (non-hydrogen) atoms. The van der Waals surface area contributed by atoms with Crippen LogP contribution in [0.4, 0.5) is 0 Å². The first-order valence-corrected chi connectivity index (χ1v) is 6.80. The van der Waals surface area contributed by atoms with Gasteiger partial charge in [0.2, 0.25) is 0 Å². The third-order valence-electron chi connectivity index (χ3n) is 2.87. The van der Waals surface area contributed by atoms with E-state index in [0.717, 1.165) is 11.8 Å². The highest BCUT2D eigenvalue weighted by molar-refractivity contribution is 9.09. The largest absolute Gasteiger partial charge is 0.456 e. The molecule has 1 saturated heterocycles. The number of halogens is 1. The Labute approximate surface area is 109 Å². The molecule has 1 aliphatic rings. The molecule has 0 N–H and O–H groups in total. The molecule has 1 heterocycles. The van der Waals surface area contributed by atoms with Crippen LogP contribution in [0.3, 0.4) is 0 Å². The molecule has 1 aromatic carbocycles. The zero-order valence-electron chi connectivity index (χ0n) is 9.64. The van der Waals surface area contributed by atoms with Crippen LogP contribution in [0.1, 0.15) is 23.7 Å². The Morgan fingerprint density at radius 3 is 2.76 bits per heavy atom. The summed E-state index contributed by atoms with van der Waals surface area (Å²) >= 11 is 3.38. The van der Waals surface area contributed by atoms with Crippen molar-refractivity contribution in [3.05, 3.63) is 35.9 Å². The van der Waals surface area contributed by atoms with Gasteiger partial charge in [-0.3, -0.25) is 0 Å². The van der Waals surface area contributed by atoms with Crippen LogP contribution in [0.5, 0.6) is 0 Å². The van der Waals surface area contributed by atoms with Crippen molar-refractivity contribution in [2.45, 2.75) is 31.7 Å². The fourth-order valence-corrected chi connectivity index (χ4v) is 2.34. The van der Waals surface area contributed by atoms with Gasteiger partial charge in [0.25, 0.3) is 0 Å². The monoisotopic (exact) mass is 298 g/mol. The number of hydrogen-bond donors (Lipinski definition) is 0. The molecule has 1 aromatic rings. The third-order valence-corrected chi connectivity index (χ3v) is 3.59. The lowest BCUT2D eigenvalue weighted by Gasteiger charge is -2.14. The first-order valence-electron chi connectivity index (χ1n) is 5.68. The maximum Gasteiger partial charge on any atom is 0.338 e. The van der Waals surface area contributed by atoms with Crippen molar-refractivity contribution in [3.63, 3.8) is 0 Å². The molecule has 0 amide bonds. The number of carbonyl (C=O) groups excluding carboxylic acids is 1. The molecule has 0 saturated carbocycles. The van der Waals surface area contributed by atoms with Gasteiger partial charge < -0.3 is 9.47 Å². The fourth-order valence-electron chi connectivity index (χ4n) is 1.92. The minimum absolute atomic E-state index is 0.0368. The Bertz CT molecular complexity index is 380. The Kier molecular flexibility index (Phi) is 4.18. The van der Waals surface area contributed by atoms with Crippen molar-refractivity contribution in [2.24, 2.45) is 0 Å². The maximum atomic E-state index is 11.9. The second-order valence-corrected chi connectivity index (χ2v) is 4.81. The summed E-state index contributed by atoms with van der Waals surface area (Å²) in [5, 5.41) is 0.775. The molecule has 1 fully saturated rings. The predicted octanol–water partition coefficient (Wildman–Crippen LogP) is 2.78. The second kappa shape index (κ2) is 5.65. The van der Waals surface area contributed by atoms with Crippen molar-refractivity contribution in [2.75, 3.05) is 5.33 Å². The summed E-state index contributed by atoms with van der Waals surface area (Å²) in [5.41, 5.74) is 0.585. The average molecular weight is 299 g/mol. The number of hydrogen-bond acceptors (Lipinski definition) is 3. The highest BCUT2D eigenvalue weighted by Gasteiger charge is 2.34. The second-order valence-electron chi connectivity index (χ2n) is 4.16. The van der Waals surface area contributed by atoms with Crippen LogP contribution >= 0.6 is 15.9 Å². The van der Waals surface area contributed by atoms with E-state index >= 15 is 0 Å². The van der Waals surface area contributed by atoms with Crippen molar-refractivity contribution in [1.29, 1.82) is 0 Å². The molecule has 0 bridgehead atoms. The molecule has 3 nitrogen and oxygen atoms in total. The standard InChI is InChI=1S/C13H15BrO3/c1-9-12(7-11(8-14)16-9)17-13(15)10-5-3-2-4-6-10/h2-6,9,11-12H,7-8H2,1H3/t9-,11+,12-/m0/s1. The molecule has 1 aliphatic heterocycles. The zero-order chi connectivity index (χ0) is 12.3. The van der Waals surface area contributed by atoms with Crippen molar-refractivity contribution in [3.8, 4) is 0 Å². The fraction of sp³-hybridized carbons (Fsp3) is 0.462. The van der Waals surface area contributed by atoms with Gasteiger partial charge in [-0.2, -0.15) is 0 Å². The van der Waals surface area contributed by atoms with Crippen LogP contribution in [-0.2, 0) is 9.47 Å². The Balaban J connectivity index is 1.96. The van der Waals surface area contributed by atoms with E-state index in [1.54, 1.807) is 12.1 Å². The number of esters is 1. The molecule has 0 aromatic heterocycles. The van der Waals surface area contributed by atoms with Gasteiger partial charge in [-0.15, -0.1) is 0 Å². The van der Waals surface area contributed by atoms with E-state index in [2.05, 4.69) is 15.9 Å². The SMILES string of the molecule is C[C@@H]1O[C@@H](CBr)C[C@@H]1OC(=O)c1ccccc1. The Morgan fingerprint density at radius 2 is 2.18 bits per heavy atom. The third kappa shape index (κ3) is 3.07. The molecule has 0 radical (unpaired) electrons. The number of benzene rings is 1. The molecule has 0 spiro atoms. The van der Waals surface area contributed by atoms with Gasteiger partial charge >= 0.3 is 5.97 Å². The smallest absolute Gasteiger partial charge is 0.338 e. The number of rotatable bonds is 3. The van der Waals surface area contributed by atoms with Crippen LogP contribution in [-0.4, -0.2) is 29.6 Å². The predicted molar refractivity (Wildman–Crippen MR) is 68.4 cm³/mol. The van der Waals surface area contributed by atoms with Crippen LogP contribution in [0.2, 0.25) is 0 Å². The average Bonchev–Trinajstić information content (AvgIpc) is 2.71. The molecule has 3 atom stereocenters. The minimum atomic E-state index is -0.277. The molecule has 0 aliphatic carbocycles. The van der Waals surface area contributed by atoms with Crippen LogP contribution in [0.25, 0.3) is 0 Å². The molecule has 2 rings (SSSR count). The number of ether oxygens (including phenoxy) is 2. The summed E-state index contributed by atoms with van der Waals surface area (Å²) in [6, 6.07) is 9.04. The van der Waals surface area contributed by atoms with Gasteiger partial charge in [-0.05, 0) is 19.1 Å². The normalized spacial score (nSPS) is 28.0. The maximum absolute atomic E-state index is 11.9. The number of alkyl halides is 1. The van der Waals surface area contributed by atoms with E-state index in [1.807, 2.05) is 25.1 Å². The number of carbonyl (C=O) groups is 1. The van der Waals surface area contributed by atoms with E-state index in [-0.39, 0.29) is 24.3 Å².